The molecule has 0 spiro atoms. The summed E-state index contributed by atoms with van der Waals surface area (Å²) in [6.45, 7) is 2.66. The van der Waals surface area contributed by atoms with Gasteiger partial charge in [-0.15, -0.1) is 0 Å². The Morgan fingerprint density at radius 2 is 1.88 bits per heavy atom. The Kier molecular flexibility index (Phi) is 3.59. The maximum Gasteiger partial charge on any atom is 0.0949 e. The smallest absolute Gasteiger partial charge is 0.0949 e. The fourth-order valence-electron chi connectivity index (χ4n) is 1.99. The normalized spacial score (nSPS) is 10.8. The van der Waals surface area contributed by atoms with Gasteiger partial charge in [0.1, 0.15) is 0 Å². The lowest BCUT2D eigenvalue weighted by atomic mass is 10.1. The van der Waals surface area contributed by atoms with Crippen LogP contribution in [0.1, 0.15) is 22.5 Å². The van der Waals surface area contributed by atoms with E-state index in [4.69, 9.17) is 5.73 Å². The lowest BCUT2D eigenvalue weighted by Crippen LogP contribution is -2.06. The Hall–Kier alpha value is -1.61. The third-order valence-corrected chi connectivity index (χ3v) is 3.11. The van der Waals surface area contributed by atoms with Gasteiger partial charge in [0, 0.05) is 13.6 Å². The molecule has 3 nitrogen and oxygen atoms in total. The molecule has 0 bridgehead atoms. The van der Waals surface area contributed by atoms with Gasteiger partial charge in [-0.2, -0.15) is 0 Å². The van der Waals surface area contributed by atoms with Crippen LogP contribution >= 0.6 is 0 Å². The molecule has 0 aliphatic rings. The fraction of sp³-hybridized carbons (Fsp3) is 0.357. The van der Waals surface area contributed by atoms with Gasteiger partial charge in [-0.05, 0) is 25.3 Å². The van der Waals surface area contributed by atoms with E-state index >= 15 is 0 Å². The summed E-state index contributed by atoms with van der Waals surface area (Å²) in [5.74, 6) is 0. The minimum absolute atomic E-state index is 0.555. The third-order valence-electron chi connectivity index (χ3n) is 3.11. The first-order valence-corrected chi connectivity index (χ1v) is 5.95. The van der Waals surface area contributed by atoms with E-state index in [1.807, 2.05) is 17.9 Å². The number of aryl methyl sites for hydroxylation is 4. The van der Waals surface area contributed by atoms with Gasteiger partial charge in [0.2, 0.25) is 0 Å². The van der Waals surface area contributed by atoms with Gasteiger partial charge in [-0.25, -0.2) is 4.98 Å². The van der Waals surface area contributed by atoms with Gasteiger partial charge >= 0.3 is 0 Å². The molecule has 1 aromatic carbocycles. The third kappa shape index (κ3) is 2.74. The molecule has 90 valence electrons. The highest BCUT2D eigenvalue weighted by Crippen LogP contribution is 2.11. The molecule has 0 fully saturated rings. The predicted molar refractivity (Wildman–Crippen MR) is 69.7 cm³/mol. The number of benzene rings is 1. The van der Waals surface area contributed by atoms with Crippen molar-refractivity contribution in [3.05, 3.63) is 53.1 Å². The van der Waals surface area contributed by atoms with Gasteiger partial charge in [-0.1, -0.05) is 29.8 Å². The molecule has 0 unspecified atom stereocenters. The van der Waals surface area contributed by atoms with Crippen LogP contribution < -0.4 is 5.73 Å². The van der Waals surface area contributed by atoms with Crippen LogP contribution in [0.15, 0.2) is 30.6 Å². The molecular formula is C14H19N3. The van der Waals surface area contributed by atoms with Gasteiger partial charge in [0.15, 0.2) is 0 Å². The van der Waals surface area contributed by atoms with Crippen molar-refractivity contribution in [1.82, 2.24) is 9.55 Å². The number of hydrogen-bond donors (Lipinski definition) is 1. The molecule has 3 heteroatoms. The van der Waals surface area contributed by atoms with Crippen molar-refractivity contribution in [1.29, 1.82) is 0 Å². The first kappa shape index (κ1) is 11.9. The molecule has 0 saturated heterocycles. The molecule has 1 aromatic heterocycles. The molecule has 2 rings (SSSR count). The molecule has 0 aliphatic heterocycles. The van der Waals surface area contributed by atoms with Crippen LogP contribution in [0.25, 0.3) is 0 Å². The zero-order chi connectivity index (χ0) is 12.3. The van der Waals surface area contributed by atoms with E-state index in [-0.39, 0.29) is 0 Å². The minimum Gasteiger partial charge on any atom is -0.336 e. The highest BCUT2D eigenvalue weighted by atomic mass is 15.0. The second-order valence-electron chi connectivity index (χ2n) is 4.44. The van der Waals surface area contributed by atoms with Crippen molar-refractivity contribution in [2.75, 3.05) is 0 Å². The first-order valence-electron chi connectivity index (χ1n) is 5.95. The van der Waals surface area contributed by atoms with Crippen molar-refractivity contribution in [2.45, 2.75) is 26.3 Å². The number of rotatable bonds is 4. The molecule has 0 saturated carbocycles. The van der Waals surface area contributed by atoms with Crippen LogP contribution in [0, 0.1) is 6.92 Å². The van der Waals surface area contributed by atoms with E-state index in [9.17, 15) is 0 Å². The highest BCUT2D eigenvalue weighted by molar-refractivity contribution is 5.23. The van der Waals surface area contributed by atoms with Crippen LogP contribution in [-0.4, -0.2) is 9.55 Å². The topological polar surface area (TPSA) is 43.8 Å². The average Bonchev–Trinajstić information content (AvgIpc) is 2.69. The molecule has 0 amide bonds. The zero-order valence-corrected chi connectivity index (χ0v) is 10.5. The lowest BCUT2D eigenvalue weighted by molar-refractivity contribution is 0.801. The van der Waals surface area contributed by atoms with Crippen LogP contribution in [0.2, 0.25) is 0 Å². The molecule has 0 radical (unpaired) electrons. The standard InChI is InChI=1S/C14H19N3/c1-11-3-5-12(6-4-11)7-8-13-14(9-15)17(2)10-16-13/h3-6,10H,7-9,15H2,1-2H3. The van der Waals surface area contributed by atoms with Gasteiger partial charge < -0.3 is 10.3 Å². The van der Waals surface area contributed by atoms with E-state index < -0.39 is 0 Å². The summed E-state index contributed by atoms with van der Waals surface area (Å²) in [5, 5.41) is 0. The Bertz CT molecular complexity index is 483. The van der Waals surface area contributed by atoms with Gasteiger partial charge in [0.25, 0.3) is 0 Å². The monoisotopic (exact) mass is 229 g/mol. The predicted octanol–water partition coefficient (Wildman–Crippen LogP) is 1.97. The quantitative estimate of drug-likeness (QED) is 0.871. The fourth-order valence-corrected chi connectivity index (χ4v) is 1.99. The summed E-state index contributed by atoms with van der Waals surface area (Å²) in [7, 11) is 1.99. The van der Waals surface area contributed by atoms with Crippen LogP contribution in [-0.2, 0) is 26.4 Å². The van der Waals surface area contributed by atoms with E-state index in [0.717, 1.165) is 24.2 Å². The van der Waals surface area contributed by atoms with Crippen molar-refractivity contribution < 1.29 is 0 Å². The molecule has 0 atom stereocenters. The molecular weight excluding hydrogens is 210 g/mol. The van der Waals surface area contributed by atoms with Crippen LogP contribution in [0.4, 0.5) is 0 Å². The summed E-state index contributed by atoms with van der Waals surface area (Å²) in [6.07, 6.45) is 3.81. The second-order valence-corrected chi connectivity index (χ2v) is 4.44. The highest BCUT2D eigenvalue weighted by Gasteiger charge is 2.06. The second kappa shape index (κ2) is 5.15. The van der Waals surface area contributed by atoms with Crippen molar-refractivity contribution in [3.63, 3.8) is 0 Å². The number of nitrogens with two attached hydrogens (primary N) is 1. The van der Waals surface area contributed by atoms with Crippen molar-refractivity contribution in [3.8, 4) is 0 Å². The summed E-state index contributed by atoms with van der Waals surface area (Å²) in [6, 6.07) is 8.66. The number of aromatic nitrogens is 2. The Labute approximate surface area is 102 Å². The van der Waals surface area contributed by atoms with E-state index in [0.29, 0.717) is 6.54 Å². The maximum atomic E-state index is 5.72. The summed E-state index contributed by atoms with van der Waals surface area (Å²) >= 11 is 0. The average molecular weight is 229 g/mol. The largest absolute Gasteiger partial charge is 0.336 e. The Balaban J connectivity index is 2.04. The minimum atomic E-state index is 0.555. The number of hydrogen-bond acceptors (Lipinski definition) is 2. The SMILES string of the molecule is Cc1ccc(CCc2ncn(C)c2CN)cc1. The molecule has 17 heavy (non-hydrogen) atoms. The maximum absolute atomic E-state index is 5.72. The van der Waals surface area contributed by atoms with Crippen molar-refractivity contribution in [2.24, 2.45) is 12.8 Å². The Morgan fingerprint density at radius 3 is 2.53 bits per heavy atom. The summed E-state index contributed by atoms with van der Waals surface area (Å²) in [4.78, 5) is 4.40. The summed E-state index contributed by atoms with van der Waals surface area (Å²) < 4.78 is 2.00. The number of nitrogens with zero attached hydrogens (tertiary/aromatic N) is 2. The van der Waals surface area contributed by atoms with E-state index in [2.05, 4.69) is 36.2 Å². The van der Waals surface area contributed by atoms with Gasteiger partial charge in [-0.3, -0.25) is 0 Å². The molecule has 1 heterocycles. The lowest BCUT2D eigenvalue weighted by Gasteiger charge is -2.04. The van der Waals surface area contributed by atoms with E-state index in [1.54, 1.807) is 0 Å². The zero-order valence-electron chi connectivity index (χ0n) is 10.5. The Morgan fingerprint density at radius 1 is 1.18 bits per heavy atom. The summed E-state index contributed by atoms with van der Waals surface area (Å²) in [5.41, 5.74) is 10.6. The first-order chi connectivity index (χ1) is 8.20. The van der Waals surface area contributed by atoms with E-state index in [1.165, 1.54) is 11.1 Å². The molecule has 2 aromatic rings. The molecule has 0 aliphatic carbocycles. The van der Waals surface area contributed by atoms with Crippen molar-refractivity contribution >= 4 is 0 Å². The van der Waals surface area contributed by atoms with Crippen LogP contribution in [0.5, 0.6) is 0 Å². The molecule has 2 N–H and O–H groups in total. The number of imidazole rings is 1. The van der Waals surface area contributed by atoms with Crippen LogP contribution in [0.3, 0.4) is 0 Å². The van der Waals surface area contributed by atoms with Gasteiger partial charge in [0.05, 0.1) is 17.7 Å².